The van der Waals surface area contributed by atoms with Crippen LogP contribution in [0.3, 0.4) is 0 Å². The number of likely N-dealkylation sites (tertiary alicyclic amines) is 1. The smallest absolute Gasteiger partial charge is 0.191 e. The maximum atomic E-state index is 10.6. The summed E-state index contributed by atoms with van der Waals surface area (Å²) in [6.07, 6.45) is 3.84. The molecule has 164 valence electrons. The molecule has 2 heterocycles. The number of nitrogens with zero attached hydrogens (tertiary/aromatic N) is 2. The van der Waals surface area contributed by atoms with Crippen molar-refractivity contribution in [2.24, 2.45) is 10.9 Å². The van der Waals surface area contributed by atoms with Crippen LogP contribution in [0.2, 0.25) is 5.02 Å². The largest absolute Gasteiger partial charge is 0.466 e. The first-order chi connectivity index (χ1) is 14.5. The summed E-state index contributed by atoms with van der Waals surface area (Å²) < 4.78 is 5.33. The van der Waals surface area contributed by atoms with E-state index in [9.17, 15) is 5.11 Å². The fourth-order valence-corrected chi connectivity index (χ4v) is 3.89. The highest BCUT2D eigenvalue weighted by molar-refractivity contribution is 6.31. The van der Waals surface area contributed by atoms with E-state index in [1.165, 1.54) is 5.56 Å². The number of furan rings is 1. The maximum absolute atomic E-state index is 10.6. The van der Waals surface area contributed by atoms with Crippen LogP contribution in [0, 0.1) is 5.92 Å². The fourth-order valence-electron chi connectivity index (χ4n) is 3.69. The molecule has 2 aromatic rings. The summed E-state index contributed by atoms with van der Waals surface area (Å²) in [4.78, 5) is 7.04. The van der Waals surface area contributed by atoms with Crippen molar-refractivity contribution in [3.63, 3.8) is 0 Å². The van der Waals surface area contributed by atoms with Gasteiger partial charge in [-0.15, -0.1) is 0 Å². The zero-order valence-corrected chi connectivity index (χ0v) is 18.7. The number of guanidine groups is 1. The number of hydrogen-bond acceptors (Lipinski definition) is 4. The lowest BCUT2D eigenvalue weighted by molar-refractivity contribution is 0.0437. The molecule has 3 N–H and O–H groups in total. The molecule has 1 fully saturated rings. The highest BCUT2D eigenvalue weighted by Crippen LogP contribution is 2.23. The quantitative estimate of drug-likeness (QED) is 0.439. The van der Waals surface area contributed by atoms with Gasteiger partial charge in [0.25, 0.3) is 0 Å². The molecular formula is C23H33ClN4O2. The van der Waals surface area contributed by atoms with E-state index >= 15 is 0 Å². The van der Waals surface area contributed by atoms with Gasteiger partial charge < -0.3 is 20.2 Å². The number of nitrogens with one attached hydrogen (secondary N) is 2. The van der Waals surface area contributed by atoms with Crippen molar-refractivity contribution in [1.29, 1.82) is 0 Å². The summed E-state index contributed by atoms with van der Waals surface area (Å²) in [7, 11) is 0. The molecule has 1 aliphatic rings. The molecule has 7 heteroatoms. The Kier molecular flexibility index (Phi) is 8.19. The average Bonchev–Trinajstić information content (AvgIpc) is 3.29. The van der Waals surface area contributed by atoms with Gasteiger partial charge in [0.1, 0.15) is 11.4 Å². The Labute approximate surface area is 184 Å². The third-order valence-corrected chi connectivity index (χ3v) is 5.93. The summed E-state index contributed by atoms with van der Waals surface area (Å²) in [5.41, 5.74) is 0.0662. The lowest BCUT2D eigenvalue weighted by Gasteiger charge is -2.32. The van der Waals surface area contributed by atoms with Gasteiger partial charge in [-0.1, -0.05) is 29.8 Å². The predicted octanol–water partition coefficient (Wildman–Crippen LogP) is 3.61. The molecule has 0 saturated carbocycles. The van der Waals surface area contributed by atoms with E-state index in [0.29, 0.717) is 11.7 Å². The second-order valence-corrected chi connectivity index (χ2v) is 8.55. The minimum Gasteiger partial charge on any atom is -0.466 e. The number of aliphatic hydroxyl groups is 1. The number of hydrogen-bond donors (Lipinski definition) is 3. The van der Waals surface area contributed by atoms with E-state index in [1.807, 2.05) is 25.1 Å². The van der Waals surface area contributed by atoms with Crippen molar-refractivity contribution in [3.05, 3.63) is 59.0 Å². The number of aliphatic imine (C=N–C) groups is 1. The van der Waals surface area contributed by atoms with E-state index in [2.05, 4.69) is 26.6 Å². The van der Waals surface area contributed by atoms with E-state index in [0.717, 1.165) is 56.5 Å². The molecule has 6 nitrogen and oxygen atoms in total. The van der Waals surface area contributed by atoms with E-state index < -0.39 is 5.60 Å². The zero-order chi connectivity index (χ0) is 21.4. The summed E-state index contributed by atoms with van der Waals surface area (Å²) in [6.45, 7) is 8.66. The van der Waals surface area contributed by atoms with Crippen LogP contribution in [0.4, 0.5) is 0 Å². The third-order valence-electron chi connectivity index (χ3n) is 5.56. The fraction of sp³-hybridized carbons (Fsp3) is 0.522. The van der Waals surface area contributed by atoms with Crippen LogP contribution >= 0.6 is 11.6 Å². The second-order valence-electron chi connectivity index (χ2n) is 8.14. The molecule has 1 aromatic heterocycles. The summed E-state index contributed by atoms with van der Waals surface area (Å²) in [5.74, 6) is 1.85. The molecule has 30 heavy (non-hydrogen) atoms. The number of benzene rings is 1. The molecule has 1 aromatic carbocycles. The molecule has 0 aliphatic carbocycles. The van der Waals surface area contributed by atoms with Gasteiger partial charge in [0.2, 0.25) is 0 Å². The molecule has 1 atom stereocenters. The minimum absolute atomic E-state index is 0.228. The topological polar surface area (TPSA) is 73.0 Å². The van der Waals surface area contributed by atoms with Crippen LogP contribution in [-0.4, -0.2) is 48.7 Å². The number of piperidine rings is 1. The highest BCUT2D eigenvalue weighted by Gasteiger charge is 2.26. The monoisotopic (exact) mass is 432 g/mol. The van der Waals surface area contributed by atoms with Gasteiger partial charge >= 0.3 is 0 Å². The molecular weight excluding hydrogens is 400 g/mol. The Morgan fingerprint density at radius 2 is 2.00 bits per heavy atom. The lowest BCUT2D eigenvalue weighted by atomic mass is 9.96. The highest BCUT2D eigenvalue weighted by atomic mass is 35.5. The van der Waals surface area contributed by atoms with Gasteiger partial charge in [0.05, 0.1) is 12.8 Å². The first kappa shape index (κ1) is 22.7. The van der Waals surface area contributed by atoms with E-state index in [-0.39, 0.29) is 6.54 Å². The number of halogens is 1. The summed E-state index contributed by atoms with van der Waals surface area (Å²) in [6, 6.07) is 11.6. The van der Waals surface area contributed by atoms with Gasteiger partial charge in [0.15, 0.2) is 5.96 Å². The molecule has 1 unspecified atom stereocenters. The van der Waals surface area contributed by atoms with Crippen molar-refractivity contribution in [2.75, 3.05) is 32.7 Å². The van der Waals surface area contributed by atoms with E-state index in [1.54, 1.807) is 25.3 Å². The van der Waals surface area contributed by atoms with Crippen LogP contribution in [-0.2, 0) is 12.1 Å². The molecule has 3 rings (SSSR count). The molecule has 0 bridgehead atoms. The molecule has 0 spiro atoms. The van der Waals surface area contributed by atoms with Gasteiger partial charge in [-0.25, -0.2) is 4.99 Å². The summed E-state index contributed by atoms with van der Waals surface area (Å²) in [5, 5.41) is 18.2. The van der Waals surface area contributed by atoms with Crippen molar-refractivity contribution >= 4 is 17.6 Å². The molecule has 0 radical (unpaired) electrons. The third kappa shape index (κ3) is 6.49. The Morgan fingerprint density at radius 3 is 2.67 bits per heavy atom. The summed E-state index contributed by atoms with van der Waals surface area (Å²) >= 11 is 6.30. The normalized spacial score (nSPS) is 18.2. The predicted molar refractivity (Wildman–Crippen MR) is 122 cm³/mol. The Hall–Kier alpha value is -2.02. The maximum Gasteiger partial charge on any atom is 0.191 e. The van der Waals surface area contributed by atoms with E-state index in [4.69, 9.17) is 16.0 Å². The van der Waals surface area contributed by atoms with Crippen LogP contribution < -0.4 is 10.6 Å². The average molecular weight is 433 g/mol. The first-order valence-electron chi connectivity index (χ1n) is 10.7. The minimum atomic E-state index is -1.13. The van der Waals surface area contributed by atoms with Crippen LogP contribution in [0.5, 0.6) is 0 Å². The molecule has 1 aliphatic heterocycles. The van der Waals surface area contributed by atoms with Gasteiger partial charge in [-0.05, 0) is 69.5 Å². The van der Waals surface area contributed by atoms with Gasteiger partial charge in [-0.2, -0.15) is 0 Å². The standard InChI is InChI=1S/C23H33ClN4O2/c1-3-25-22(27-17-23(2,29)21-9-6-14-30-21)26-15-18-10-12-28(13-11-18)16-19-7-4-5-8-20(19)24/h4-9,14,18,29H,3,10-13,15-17H2,1-2H3,(H2,25,26,27). The SMILES string of the molecule is CCNC(=NCC(C)(O)c1ccco1)NCC1CCN(Cc2ccccc2Cl)CC1. The van der Waals surface area contributed by atoms with Crippen molar-refractivity contribution in [2.45, 2.75) is 38.8 Å². The number of rotatable bonds is 8. The van der Waals surface area contributed by atoms with Crippen LogP contribution in [0.25, 0.3) is 0 Å². The Morgan fingerprint density at radius 1 is 1.23 bits per heavy atom. The van der Waals surface area contributed by atoms with Gasteiger partial charge in [-0.3, -0.25) is 4.90 Å². The van der Waals surface area contributed by atoms with Crippen LogP contribution in [0.1, 0.15) is 38.0 Å². The van der Waals surface area contributed by atoms with Crippen molar-refractivity contribution in [3.8, 4) is 0 Å². The first-order valence-corrected chi connectivity index (χ1v) is 11.1. The van der Waals surface area contributed by atoms with Gasteiger partial charge in [0, 0.05) is 24.7 Å². The zero-order valence-electron chi connectivity index (χ0n) is 17.9. The Balaban J connectivity index is 1.46. The molecule has 0 amide bonds. The van der Waals surface area contributed by atoms with Crippen LogP contribution in [0.15, 0.2) is 52.1 Å². The molecule has 1 saturated heterocycles. The second kappa shape index (κ2) is 10.8. The van der Waals surface area contributed by atoms with Crippen molar-refractivity contribution in [1.82, 2.24) is 15.5 Å². The lowest BCUT2D eigenvalue weighted by Crippen LogP contribution is -2.43. The Bertz CT molecular complexity index is 799. The van der Waals surface area contributed by atoms with Crippen molar-refractivity contribution < 1.29 is 9.52 Å².